The summed E-state index contributed by atoms with van der Waals surface area (Å²) in [5.74, 6) is -2.51. The van der Waals surface area contributed by atoms with E-state index in [9.17, 15) is 24.0 Å². The van der Waals surface area contributed by atoms with Crippen LogP contribution in [0.25, 0.3) is 11.1 Å². The minimum atomic E-state index is -1.60. The zero-order chi connectivity index (χ0) is 44.6. The van der Waals surface area contributed by atoms with Crippen molar-refractivity contribution >= 4 is 36.7 Å². The lowest BCUT2D eigenvalue weighted by atomic mass is 9.43. The van der Waals surface area contributed by atoms with Gasteiger partial charge in [0.1, 0.15) is 24.2 Å². The molecule has 9 unspecified atom stereocenters. The van der Waals surface area contributed by atoms with E-state index in [-0.39, 0.29) is 49.8 Å². The molecule has 5 amide bonds. The van der Waals surface area contributed by atoms with Crippen LogP contribution in [0.5, 0.6) is 0 Å². The van der Waals surface area contributed by atoms with Gasteiger partial charge in [-0.05, 0) is 117 Å². The second-order valence-electron chi connectivity index (χ2n) is 18.2. The van der Waals surface area contributed by atoms with Crippen LogP contribution in [-0.2, 0) is 34.9 Å². The fraction of sp³-hybridized carbons (Fsp3) is 0.614. The van der Waals surface area contributed by atoms with Gasteiger partial charge in [0.2, 0.25) is 17.7 Å². The van der Waals surface area contributed by atoms with Crippen LogP contribution in [0.15, 0.2) is 48.5 Å². The molecule has 17 heteroatoms. The van der Waals surface area contributed by atoms with Gasteiger partial charge in [-0.2, -0.15) is 0 Å². The molecule has 16 nitrogen and oxygen atoms in total. The van der Waals surface area contributed by atoms with Crippen LogP contribution in [-0.4, -0.2) is 91.8 Å². The van der Waals surface area contributed by atoms with E-state index >= 15 is 0 Å². The lowest BCUT2D eigenvalue weighted by Gasteiger charge is -2.64. The summed E-state index contributed by atoms with van der Waals surface area (Å²) in [7, 11) is -0.867. The normalized spacial score (nSPS) is 23.7. The molecule has 0 aromatic heterocycles. The first-order valence-corrected chi connectivity index (χ1v) is 21.9. The summed E-state index contributed by atoms with van der Waals surface area (Å²) >= 11 is 0. The monoisotopic (exact) mass is 846 g/mol. The van der Waals surface area contributed by atoms with Crippen molar-refractivity contribution in [3.05, 3.63) is 59.7 Å². The molecule has 1 saturated heterocycles. The fourth-order valence-corrected chi connectivity index (χ4v) is 9.11. The van der Waals surface area contributed by atoms with E-state index in [0.717, 1.165) is 43.2 Å². The highest BCUT2D eigenvalue weighted by Crippen LogP contribution is 2.65. The number of aryl methyl sites for hydroxylation is 1. The minimum Gasteiger partial charge on any atom is -0.403 e. The molecule has 334 valence electrons. The van der Waals surface area contributed by atoms with Crippen LogP contribution in [0.3, 0.4) is 0 Å². The molecule has 3 saturated carbocycles. The molecule has 61 heavy (non-hydrogen) atoms. The lowest BCUT2D eigenvalue weighted by Crippen LogP contribution is -2.65. The Morgan fingerprint density at radius 2 is 1.31 bits per heavy atom. The summed E-state index contributed by atoms with van der Waals surface area (Å²) in [6.07, 6.45) is 3.81. The Bertz CT molecular complexity index is 1850. The van der Waals surface area contributed by atoms with E-state index in [1.165, 1.54) is 5.56 Å². The van der Waals surface area contributed by atoms with Crippen LogP contribution in [0.2, 0.25) is 0 Å². The molecule has 0 spiro atoms. The average Bonchev–Trinajstić information content (AvgIpc) is 3.60. The van der Waals surface area contributed by atoms with Crippen LogP contribution in [0.4, 0.5) is 0 Å². The van der Waals surface area contributed by atoms with Gasteiger partial charge in [0, 0.05) is 5.56 Å². The van der Waals surface area contributed by atoms with Crippen molar-refractivity contribution in [1.82, 2.24) is 26.6 Å². The molecule has 2 bridgehead atoms. The van der Waals surface area contributed by atoms with E-state index in [0.29, 0.717) is 17.4 Å². The molecule has 13 N–H and O–H groups in total. The highest BCUT2D eigenvalue weighted by atomic mass is 16.7. The van der Waals surface area contributed by atoms with Gasteiger partial charge >= 0.3 is 7.12 Å². The highest BCUT2D eigenvalue weighted by molar-refractivity contribution is 6.47. The summed E-state index contributed by atoms with van der Waals surface area (Å²) < 4.78 is 12.6. The molecular weight excluding hydrogens is 777 g/mol. The number of hydrogen-bond donors (Lipinski definition) is 9. The van der Waals surface area contributed by atoms with E-state index in [1.54, 1.807) is 12.1 Å². The number of rotatable bonds is 21. The van der Waals surface area contributed by atoms with Crippen molar-refractivity contribution in [3.63, 3.8) is 0 Å². The van der Waals surface area contributed by atoms with Crippen molar-refractivity contribution in [3.8, 4) is 11.1 Å². The number of nitrogens with one attached hydrogen (secondary N) is 5. The van der Waals surface area contributed by atoms with E-state index in [4.69, 9.17) is 32.2 Å². The van der Waals surface area contributed by atoms with Crippen LogP contribution < -0.4 is 49.5 Å². The van der Waals surface area contributed by atoms with E-state index in [2.05, 4.69) is 78.5 Å². The maximum Gasteiger partial charge on any atom is 0.497 e. The molecule has 4 aliphatic rings. The van der Waals surface area contributed by atoms with E-state index in [1.807, 2.05) is 26.0 Å². The third-order valence-corrected chi connectivity index (χ3v) is 12.9. The molecule has 1 aliphatic heterocycles. The van der Waals surface area contributed by atoms with Crippen molar-refractivity contribution in [2.45, 2.75) is 135 Å². The number of unbranched alkanes of at least 4 members (excludes halogenated alkanes) is 1. The quantitative estimate of drug-likeness (QED) is 0.0643. The molecule has 1 heterocycles. The summed E-state index contributed by atoms with van der Waals surface area (Å²) in [4.78, 5) is 67.1. The zero-order valence-corrected chi connectivity index (χ0v) is 36.6. The second kappa shape index (κ2) is 20.7. The largest absolute Gasteiger partial charge is 0.497 e. The number of carbonyl (C=O) groups is 5. The molecule has 3 aliphatic carbocycles. The minimum absolute atomic E-state index is 0.00334. The maximum atomic E-state index is 13.6. The predicted octanol–water partition coefficient (Wildman–Crippen LogP) is 1.58. The Labute approximate surface area is 360 Å². The van der Waals surface area contributed by atoms with Crippen LogP contribution in [0, 0.1) is 23.2 Å². The standard InChI is InChI=1S/C44H68BN9O7/c1-7-8-9-26-10-12-27(13-11-26)28-14-16-29(17-15-28)37(55)50-31(18-20-46)38(56)51-32(19-21-47)39(57)53-36(48)41(59)52-33(22-25(2)3)40(58)54-42(49)45-60-35-24-30-23-34(43(30,4)5)44(35,6)61-45/h10-17,25,30-36,42H,7-9,18-24,46-49H2,1-6H3,(H,50,55)(H,51,56)(H,52,59)(H,53,57)(H,54,58). The molecular formula is C44H68BN9O7. The maximum absolute atomic E-state index is 13.6. The van der Waals surface area contributed by atoms with Gasteiger partial charge in [0.25, 0.3) is 11.8 Å². The van der Waals surface area contributed by atoms with Crippen LogP contribution in [0.1, 0.15) is 102 Å². The zero-order valence-electron chi connectivity index (χ0n) is 36.6. The first kappa shape index (κ1) is 47.7. The third kappa shape index (κ3) is 11.4. The number of carbonyl (C=O) groups excluding carboxylic acids is 5. The molecule has 0 radical (unpaired) electrons. The molecule has 6 rings (SSSR count). The molecule has 2 aromatic rings. The first-order chi connectivity index (χ1) is 28.9. The Morgan fingerprint density at radius 1 is 0.754 bits per heavy atom. The summed E-state index contributed by atoms with van der Waals surface area (Å²) in [6, 6.07) is 11.0. The Kier molecular flexibility index (Phi) is 16.1. The fourth-order valence-electron chi connectivity index (χ4n) is 9.11. The number of amides is 5. The highest BCUT2D eigenvalue weighted by Gasteiger charge is 2.68. The van der Waals surface area contributed by atoms with Gasteiger partial charge in [-0.1, -0.05) is 77.4 Å². The first-order valence-electron chi connectivity index (χ1n) is 21.9. The summed E-state index contributed by atoms with van der Waals surface area (Å²) in [6.45, 7) is 12.6. The molecule has 2 aromatic carbocycles. The third-order valence-electron chi connectivity index (χ3n) is 12.9. The van der Waals surface area contributed by atoms with Gasteiger partial charge in [0.15, 0.2) is 6.17 Å². The van der Waals surface area contributed by atoms with Gasteiger partial charge < -0.3 is 58.8 Å². The lowest BCUT2D eigenvalue weighted by molar-refractivity contribution is -0.199. The number of hydrogen-bond acceptors (Lipinski definition) is 11. The molecule has 9 atom stereocenters. The topological polar surface area (TPSA) is 268 Å². The predicted molar refractivity (Wildman–Crippen MR) is 235 cm³/mol. The Hall–Kier alpha value is -4.39. The summed E-state index contributed by atoms with van der Waals surface area (Å²) in [5, 5.41) is 13.1. The van der Waals surface area contributed by atoms with Gasteiger partial charge in [-0.15, -0.1) is 0 Å². The number of benzene rings is 2. The van der Waals surface area contributed by atoms with Crippen molar-refractivity contribution in [2.24, 2.45) is 46.1 Å². The van der Waals surface area contributed by atoms with Crippen molar-refractivity contribution in [1.29, 1.82) is 0 Å². The summed E-state index contributed by atoms with van der Waals surface area (Å²) in [5.41, 5.74) is 27.4. The van der Waals surface area contributed by atoms with Gasteiger partial charge in [0.05, 0.1) is 11.7 Å². The van der Waals surface area contributed by atoms with Gasteiger partial charge in [-0.25, -0.2) is 0 Å². The smallest absolute Gasteiger partial charge is 0.403 e. The van der Waals surface area contributed by atoms with E-state index < -0.39 is 72.6 Å². The van der Waals surface area contributed by atoms with Gasteiger partial charge in [-0.3, -0.25) is 24.0 Å². The van der Waals surface area contributed by atoms with Crippen LogP contribution >= 0.6 is 0 Å². The SMILES string of the molecule is CCCCc1ccc(-c2ccc(C(=O)NC(CCN)C(=O)NC(CCN)C(=O)NC(N)C(=O)NC(CC(C)C)C(=O)NC(N)B3OC4CC5CC(C5(C)C)C4(C)O3)cc2)cc1. The Morgan fingerprint density at radius 3 is 1.89 bits per heavy atom. The number of nitrogens with two attached hydrogens (primary N) is 4. The Balaban J connectivity index is 1.14. The van der Waals surface area contributed by atoms with Crippen molar-refractivity contribution in [2.75, 3.05) is 13.1 Å². The van der Waals surface area contributed by atoms with Crippen molar-refractivity contribution < 1.29 is 33.3 Å². The average molecular weight is 846 g/mol. The second-order valence-corrected chi connectivity index (χ2v) is 18.2. The molecule has 4 fully saturated rings.